The van der Waals surface area contributed by atoms with E-state index in [9.17, 15) is 0 Å². The third-order valence-corrected chi connectivity index (χ3v) is 7.24. The number of thiophene rings is 1. The Morgan fingerprint density at radius 3 is 2.32 bits per heavy atom. The van der Waals surface area contributed by atoms with Crippen LogP contribution in [0.2, 0.25) is 0 Å². The monoisotopic (exact) mass is 275 g/mol. The lowest BCUT2D eigenvalue weighted by Gasteiger charge is -2.55. The Kier molecular flexibility index (Phi) is 3.19. The molecular weight excluding hydrogens is 250 g/mol. The van der Waals surface area contributed by atoms with E-state index in [1.165, 1.54) is 11.3 Å². The van der Waals surface area contributed by atoms with Crippen molar-refractivity contribution in [2.75, 3.05) is 6.54 Å². The maximum absolute atomic E-state index is 6.07. The summed E-state index contributed by atoms with van der Waals surface area (Å²) >= 11 is 1.90. The molecule has 0 amide bonds. The standard InChI is InChI=1S/C17H25NS/c18-10-15(17-2-1-3-19-17)9-16-13-5-11-4-12(7-13)8-14(16)6-11/h1-3,11-16H,4-10,18H2. The molecule has 104 valence electrons. The summed E-state index contributed by atoms with van der Waals surface area (Å²) in [6.45, 7) is 0.837. The van der Waals surface area contributed by atoms with Crippen molar-refractivity contribution < 1.29 is 0 Å². The number of hydrogen-bond donors (Lipinski definition) is 1. The molecule has 0 radical (unpaired) electrons. The van der Waals surface area contributed by atoms with Gasteiger partial charge in [0.05, 0.1) is 0 Å². The third kappa shape index (κ3) is 2.17. The SMILES string of the molecule is NCC(CC1C2CC3CC(C2)CC1C3)c1cccs1. The molecule has 2 heteroatoms. The molecule has 0 saturated heterocycles. The fraction of sp³-hybridized carbons (Fsp3) is 0.765. The van der Waals surface area contributed by atoms with Gasteiger partial charge in [0.15, 0.2) is 0 Å². The van der Waals surface area contributed by atoms with Crippen molar-refractivity contribution >= 4 is 11.3 Å². The van der Waals surface area contributed by atoms with Crippen LogP contribution < -0.4 is 5.73 Å². The number of nitrogens with two attached hydrogens (primary N) is 1. The second-order valence-corrected chi connectivity index (χ2v) is 8.26. The Hall–Kier alpha value is -0.340. The molecule has 1 nitrogen and oxygen atoms in total. The summed E-state index contributed by atoms with van der Waals surface area (Å²) in [5, 5.41) is 2.20. The van der Waals surface area contributed by atoms with Crippen molar-refractivity contribution in [1.29, 1.82) is 0 Å². The first kappa shape index (κ1) is 12.4. The van der Waals surface area contributed by atoms with Crippen LogP contribution in [0.3, 0.4) is 0 Å². The zero-order valence-electron chi connectivity index (χ0n) is 11.6. The Bertz CT molecular complexity index is 396. The highest BCUT2D eigenvalue weighted by Crippen LogP contribution is 2.58. The first-order chi connectivity index (χ1) is 9.33. The largest absolute Gasteiger partial charge is 0.330 e. The quantitative estimate of drug-likeness (QED) is 0.873. The van der Waals surface area contributed by atoms with Crippen molar-refractivity contribution in [3.8, 4) is 0 Å². The smallest absolute Gasteiger partial charge is 0.00888 e. The lowest BCUT2D eigenvalue weighted by Crippen LogP contribution is -2.45. The van der Waals surface area contributed by atoms with Crippen LogP contribution in [-0.4, -0.2) is 6.54 Å². The summed E-state index contributed by atoms with van der Waals surface area (Å²) in [7, 11) is 0. The van der Waals surface area contributed by atoms with Gasteiger partial charge in [-0.15, -0.1) is 11.3 Å². The fourth-order valence-corrected chi connectivity index (χ4v) is 6.46. The van der Waals surface area contributed by atoms with E-state index in [0.29, 0.717) is 5.92 Å². The Morgan fingerprint density at radius 2 is 1.79 bits per heavy atom. The molecule has 4 saturated carbocycles. The van der Waals surface area contributed by atoms with E-state index < -0.39 is 0 Å². The van der Waals surface area contributed by atoms with Gasteiger partial charge in [0.2, 0.25) is 0 Å². The van der Waals surface area contributed by atoms with Crippen LogP contribution in [0.15, 0.2) is 17.5 Å². The summed E-state index contributed by atoms with van der Waals surface area (Å²) in [4.78, 5) is 1.52. The van der Waals surface area contributed by atoms with Crippen LogP contribution in [0.1, 0.15) is 49.3 Å². The van der Waals surface area contributed by atoms with E-state index in [-0.39, 0.29) is 0 Å². The van der Waals surface area contributed by atoms with Gasteiger partial charge in [0, 0.05) is 10.8 Å². The van der Waals surface area contributed by atoms with Gasteiger partial charge in [-0.2, -0.15) is 0 Å². The van der Waals surface area contributed by atoms with Crippen molar-refractivity contribution in [1.82, 2.24) is 0 Å². The lowest BCUT2D eigenvalue weighted by atomic mass is 9.51. The maximum Gasteiger partial charge on any atom is 0.00888 e. The molecular formula is C17H25NS. The molecule has 1 aromatic heterocycles. The molecule has 4 bridgehead atoms. The zero-order valence-corrected chi connectivity index (χ0v) is 12.4. The molecule has 1 atom stereocenters. The summed E-state index contributed by atoms with van der Waals surface area (Å²) in [5.41, 5.74) is 6.07. The Labute approximate surface area is 120 Å². The van der Waals surface area contributed by atoms with Crippen molar-refractivity contribution in [3.63, 3.8) is 0 Å². The second kappa shape index (κ2) is 4.89. The molecule has 19 heavy (non-hydrogen) atoms. The fourth-order valence-electron chi connectivity index (χ4n) is 5.60. The maximum atomic E-state index is 6.07. The molecule has 0 aliphatic heterocycles. The molecule has 4 fully saturated rings. The van der Waals surface area contributed by atoms with Gasteiger partial charge in [0.25, 0.3) is 0 Å². The van der Waals surface area contributed by atoms with Crippen LogP contribution >= 0.6 is 11.3 Å². The lowest BCUT2D eigenvalue weighted by molar-refractivity contribution is -0.0418. The van der Waals surface area contributed by atoms with E-state index in [4.69, 9.17) is 5.73 Å². The van der Waals surface area contributed by atoms with Crippen molar-refractivity contribution in [2.45, 2.75) is 44.4 Å². The second-order valence-electron chi connectivity index (χ2n) is 7.28. The first-order valence-corrected chi connectivity index (χ1v) is 8.95. The minimum Gasteiger partial charge on any atom is -0.330 e. The van der Waals surface area contributed by atoms with Crippen LogP contribution in [0.4, 0.5) is 0 Å². The summed E-state index contributed by atoms with van der Waals surface area (Å²) in [6.07, 6.45) is 9.09. The first-order valence-electron chi connectivity index (χ1n) is 8.07. The predicted molar refractivity (Wildman–Crippen MR) is 81.3 cm³/mol. The Balaban J connectivity index is 1.50. The van der Waals surface area contributed by atoms with E-state index in [2.05, 4.69) is 17.5 Å². The topological polar surface area (TPSA) is 26.0 Å². The van der Waals surface area contributed by atoms with E-state index in [1.807, 2.05) is 11.3 Å². The van der Waals surface area contributed by atoms with E-state index in [0.717, 1.165) is 36.1 Å². The normalized spacial score (nSPS) is 41.6. The summed E-state index contributed by atoms with van der Waals surface area (Å²) in [5.74, 6) is 5.90. The molecule has 1 unspecified atom stereocenters. The van der Waals surface area contributed by atoms with Gasteiger partial charge in [-0.25, -0.2) is 0 Å². The molecule has 1 heterocycles. The van der Waals surface area contributed by atoms with Crippen LogP contribution in [0, 0.1) is 29.6 Å². The third-order valence-electron chi connectivity index (χ3n) is 6.21. The van der Waals surface area contributed by atoms with Gasteiger partial charge >= 0.3 is 0 Å². The zero-order chi connectivity index (χ0) is 12.8. The highest BCUT2D eigenvalue weighted by molar-refractivity contribution is 7.10. The van der Waals surface area contributed by atoms with Crippen LogP contribution in [0.25, 0.3) is 0 Å². The Morgan fingerprint density at radius 1 is 1.11 bits per heavy atom. The molecule has 4 aliphatic carbocycles. The highest BCUT2D eigenvalue weighted by Gasteiger charge is 2.48. The van der Waals surface area contributed by atoms with Gasteiger partial charge < -0.3 is 5.73 Å². The molecule has 2 N–H and O–H groups in total. The minimum atomic E-state index is 0.627. The van der Waals surface area contributed by atoms with Crippen molar-refractivity contribution in [2.24, 2.45) is 35.3 Å². The molecule has 0 spiro atoms. The molecule has 5 rings (SSSR count). The van der Waals surface area contributed by atoms with Gasteiger partial charge in [-0.05, 0) is 86.1 Å². The molecule has 1 aromatic rings. The van der Waals surface area contributed by atoms with E-state index in [1.54, 1.807) is 32.1 Å². The predicted octanol–water partition coefficient (Wildman–Crippen LogP) is 4.25. The summed E-state index contributed by atoms with van der Waals surface area (Å²) in [6, 6.07) is 4.47. The number of rotatable bonds is 4. The molecule has 4 aliphatic rings. The van der Waals surface area contributed by atoms with Crippen LogP contribution in [0.5, 0.6) is 0 Å². The summed E-state index contributed by atoms with van der Waals surface area (Å²) < 4.78 is 0. The number of hydrogen-bond acceptors (Lipinski definition) is 2. The van der Waals surface area contributed by atoms with Crippen LogP contribution in [-0.2, 0) is 0 Å². The van der Waals surface area contributed by atoms with Gasteiger partial charge in [-0.3, -0.25) is 0 Å². The van der Waals surface area contributed by atoms with Gasteiger partial charge in [-0.1, -0.05) is 6.07 Å². The van der Waals surface area contributed by atoms with Crippen molar-refractivity contribution in [3.05, 3.63) is 22.4 Å². The average Bonchev–Trinajstić information content (AvgIpc) is 2.91. The highest BCUT2D eigenvalue weighted by atomic mass is 32.1. The van der Waals surface area contributed by atoms with Gasteiger partial charge in [0.1, 0.15) is 0 Å². The minimum absolute atomic E-state index is 0.627. The molecule has 0 aromatic carbocycles. The average molecular weight is 275 g/mol. The van der Waals surface area contributed by atoms with E-state index >= 15 is 0 Å².